The van der Waals surface area contributed by atoms with E-state index >= 15 is 0 Å². The molecule has 0 saturated heterocycles. The first-order valence-electron chi connectivity index (χ1n) is 3.28. The molecule has 0 N–H and O–H groups in total. The van der Waals surface area contributed by atoms with Gasteiger partial charge in [-0.15, -0.1) is 0 Å². The third kappa shape index (κ3) is 6.36. The monoisotopic (exact) mass is 214 g/mol. The topological polar surface area (TPSA) is 35.5 Å². The maximum atomic E-state index is 10.8. The first-order valence-corrected chi connectivity index (χ1v) is 5.38. The molecule has 0 aromatic rings. The summed E-state index contributed by atoms with van der Waals surface area (Å²) in [5.41, 5.74) is 0. The number of hydrogen-bond donors (Lipinski definition) is 0. The van der Waals surface area contributed by atoms with Gasteiger partial charge in [0.05, 0.1) is 0 Å². The van der Waals surface area contributed by atoms with Crippen LogP contribution in [0.5, 0.6) is 0 Å². The molecule has 0 aromatic carbocycles. The quantitative estimate of drug-likeness (QED) is 0.659. The van der Waals surface area contributed by atoms with Crippen molar-refractivity contribution < 1.29 is 11.5 Å². The van der Waals surface area contributed by atoms with Gasteiger partial charge < -0.3 is 0 Å². The van der Waals surface area contributed by atoms with Gasteiger partial charge >= 0.3 is 65.9 Å². The molecule has 0 saturated carbocycles. The fourth-order valence-electron chi connectivity index (χ4n) is 0.337. The first-order chi connectivity index (χ1) is 4.52. The Bertz CT molecular complexity index is 99.6. The Morgan fingerprint density at radius 1 is 1.00 bits per heavy atom. The zero-order chi connectivity index (χ0) is 8.15. The Morgan fingerprint density at radius 2 is 1.30 bits per heavy atom. The minimum atomic E-state index is -2.44. The summed E-state index contributed by atoms with van der Waals surface area (Å²) in [6.07, 6.45) is -0.0255. The Labute approximate surface area is 66.4 Å². The van der Waals surface area contributed by atoms with E-state index in [0.29, 0.717) is 0 Å². The minimum absolute atomic E-state index is 0.0127. The molecule has 3 nitrogen and oxygen atoms in total. The van der Waals surface area contributed by atoms with Crippen LogP contribution in [0.15, 0.2) is 0 Å². The van der Waals surface area contributed by atoms with E-state index in [4.69, 9.17) is 7.64 Å². The summed E-state index contributed by atoms with van der Waals surface area (Å²) in [5, 5.41) is 0. The number of hydrogen-bond acceptors (Lipinski definition) is 3. The van der Waals surface area contributed by atoms with Gasteiger partial charge in [0.25, 0.3) is 0 Å². The van der Waals surface area contributed by atoms with Gasteiger partial charge in [-0.3, -0.25) is 0 Å². The molecule has 4 heteroatoms. The summed E-state index contributed by atoms with van der Waals surface area (Å²) in [4.78, 5) is 0. The van der Waals surface area contributed by atoms with Gasteiger partial charge in [-0.25, -0.2) is 0 Å². The first kappa shape index (κ1) is 10.2. The molecule has 0 aliphatic carbocycles. The van der Waals surface area contributed by atoms with E-state index in [1.165, 1.54) is 0 Å². The van der Waals surface area contributed by atoms with Crippen LogP contribution in [-0.4, -0.2) is 26.7 Å². The van der Waals surface area contributed by atoms with E-state index in [9.17, 15) is 3.83 Å². The van der Waals surface area contributed by atoms with Gasteiger partial charge in [0.2, 0.25) is 0 Å². The average Bonchev–Trinajstić information content (AvgIpc) is 1.58. The molecular formula is C6H14O3Se. The van der Waals surface area contributed by atoms with E-state index in [-0.39, 0.29) is 12.2 Å². The van der Waals surface area contributed by atoms with Crippen LogP contribution < -0.4 is 0 Å². The summed E-state index contributed by atoms with van der Waals surface area (Å²) in [6, 6.07) is 0. The SMILES string of the molecule is CC(C)O[Se](=O)OC(C)C. The Kier molecular flexibility index (Phi) is 5.08. The maximum absolute atomic E-state index is 10.8. The predicted octanol–water partition coefficient (Wildman–Crippen LogP) is 1.25. The molecule has 0 aliphatic rings. The predicted molar refractivity (Wildman–Crippen MR) is 38.9 cm³/mol. The van der Waals surface area contributed by atoms with E-state index in [0.717, 1.165) is 0 Å². The molecule has 0 amide bonds. The summed E-state index contributed by atoms with van der Waals surface area (Å²) >= 11 is -2.44. The third-order valence-corrected chi connectivity index (χ3v) is 2.82. The van der Waals surface area contributed by atoms with Crippen molar-refractivity contribution in [3.63, 3.8) is 0 Å². The normalized spacial score (nSPS) is 11.9. The summed E-state index contributed by atoms with van der Waals surface area (Å²) in [5.74, 6) is 0. The molecule has 0 unspecified atom stereocenters. The average molecular weight is 213 g/mol. The number of rotatable bonds is 4. The van der Waals surface area contributed by atoms with Crippen LogP contribution in [0.25, 0.3) is 0 Å². The van der Waals surface area contributed by atoms with Crippen molar-refractivity contribution in [2.45, 2.75) is 39.9 Å². The van der Waals surface area contributed by atoms with Crippen LogP contribution in [0, 0.1) is 0 Å². The van der Waals surface area contributed by atoms with Crippen LogP contribution in [0.1, 0.15) is 27.7 Å². The van der Waals surface area contributed by atoms with Crippen molar-refractivity contribution in [1.29, 1.82) is 0 Å². The molecule has 0 aromatic heterocycles. The second kappa shape index (κ2) is 4.97. The van der Waals surface area contributed by atoms with Gasteiger partial charge in [-0.1, -0.05) is 0 Å². The van der Waals surface area contributed by atoms with E-state index in [1.807, 2.05) is 27.7 Å². The van der Waals surface area contributed by atoms with Crippen molar-refractivity contribution in [3.05, 3.63) is 0 Å². The molecule has 0 radical (unpaired) electrons. The molecule has 0 bridgehead atoms. The standard InChI is InChI=1S/C6H14O3Se/c1-5(2)8-10(7)9-6(3)4/h5-6H,1-4H3. The molecular weight excluding hydrogens is 199 g/mol. The molecule has 0 spiro atoms. The van der Waals surface area contributed by atoms with Crippen LogP contribution in [0.2, 0.25) is 0 Å². The zero-order valence-corrected chi connectivity index (χ0v) is 8.50. The van der Waals surface area contributed by atoms with Gasteiger partial charge in [0.15, 0.2) is 0 Å². The van der Waals surface area contributed by atoms with Crippen molar-refractivity contribution in [1.82, 2.24) is 0 Å². The molecule has 0 heterocycles. The molecule has 62 valence electrons. The van der Waals surface area contributed by atoms with Crippen molar-refractivity contribution in [2.24, 2.45) is 0 Å². The molecule has 0 rings (SSSR count). The summed E-state index contributed by atoms with van der Waals surface area (Å²) in [6.45, 7) is 7.33. The van der Waals surface area contributed by atoms with Crippen LogP contribution in [0.4, 0.5) is 0 Å². The van der Waals surface area contributed by atoms with Crippen LogP contribution in [0.3, 0.4) is 0 Å². The van der Waals surface area contributed by atoms with E-state index in [1.54, 1.807) is 0 Å². The van der Waals surface area contributed by atoms with Gasteiger partial charge in [0.1, 0.15) is 0 Å². The third-order valence-electron chi connectivity index (χ3n) is 0.542. The van der Waals surface area contributed by atoms with Crippen LogP contribution >= 0.6 is 0 Å². The summed E-state index contributed by atoms with van der Waals surface area (Å²) in [7, 11) is 0. The fourth-order valence-corrected chi connectivity index (χ4v) is 1.75. The fraction of sp³-hybridized carbons (Fsp3) is 1.00. The molecule has 0 aliphatic heterocycles. The Balaban J connectivity index is 3.44. The summed E-state index contributed by atoms with van der Waals surface area (Å²) < 4.78 is 20.6. The van der Waals surface area contributed by atoms with E-state index < -0.39 is 14.5 Å². The van der Waals surface area contributed by atoms with Gasteiger partial charge in [-0.2, -0.15) is 0 Å². The van der Waals surface area contributed by atoms with E-state index in [2.05, 4.69) is 0 Å². The molecule has 10 heavy (non-hydrogen) atoms. The zero-order valence-electron chi connectivity index (χ0n) is 6.79. The second-order valence-electron chi connectivity index (χ2n) is 2.49. The second-order valence-corrected chi connectivity index (χ2v) is 4.16. The van der Waals surface area contributed by atoms with Gasteiger partial charge in [-0.05, 0) is 0 Å². The molecule has 0 fully saturated rings. The van der Waals surface area contributed by atoms with Crippen LogP contribution in [-0.2, 0) is 11.5 Å². The van der Waals surface area contributed by atoms with Gasteiger partial charge in [0, 0.05) is 0 Å². The Morgan fingerprint density at radius 3 is 1.50 bits per heavy atom. The van der Waals surface area contributed by atoms with Crippen molar-refractivity contribution in [3.8, 4) is 0 Å². The van der Waals surface area contributed by atoms with Crippen molar-refractivity contribution in [2.75, 3.05) is 0 Å². The molecule has 0 atom stereocenters. The Hall–Kier alpha value is 0.239. The van der Waals surface area contributed by atoms with Crippen molar-refractivity contribution >= 4 is 14.5 Å².